The first-order valence-electron chi connectivity index (χ1n) is 6.53. The van der Waals surface area contributed by atoms with Gasteiger partial charge in [0.1, 0.15) is 0 Å². The summed E-state index contributed by atoms with van der Waals surface area (Å²) in [5.74, 6) is -0.383. The van der Waals surface area contributed by atoms with Crippen LogP contribution in [0.2, 0.25) is 0 Å². The van der Waals surface area contributed by atoms with Crippen LogP contribution in [0.25, 0.3) is 0 Å². The maximum atomic E-state index is 12.4. The van der Waals surface area contributed by atoms with Crippen molar-refractivity contribution in [3.8, 4) is 5.75 Å². The van der Waals surface area contributed by atoms with Crippen LogP contribution in [0.4, 0.5) is 0 Å². The predicted octanol–water partition coefficient (Wildman–Crippen LogP) is 2.72. The van der Waals surface area contributed by atoms with E-state index in [1.807, 2.05) is 6.92 Å². The molecule has 2 aromatic rings. The quantitative estimate of drug-likeness (QED) is 0.725. The number of aromatic carboxylic acids is 1. The van der Waals surface area contributed by atoms with Crippen LogP contribution in [0.5, 0.6) is 5.75 Å². The molecule has 1 radical (unpaired) electrons. The van der Waals surface area contributed by atoms with Crippen LogP contribution in [0, 0.1) is 0 Å². The first-order valence-corrected chi connectivity index (χ1v) is 9.20. The fourth-order valence-electron chi connectivity index (χ4n) is 1.84. The number of hydrogen-bond donors (Lipinski definition) is 1. The van der Waals surface area contributed by atoms with Crippen LogP contribution in [0.1, 0.15) is 27.6 Å². The van der Waals surface area contributed by atoms with Gasteiger partial charge in [-0.1, -0.05) is 0 Å². The molecule has 0 heterocycles. The van der Waals surface area contributed by atoms with Crippen molar-refractivity contribution < 1.29 is 19.4 Å². The zero-order valence-electron chi connectivity index (χ0n) is 11.7. The van der Waals surface area contributed by atoms with Gasteiger partial charge < -0.3 is 0 Å². The molecule has 4 nitrogen and oxygen atoms in total. The number of benzene rings is 2. The fourth-order valence-corrected chi connectivity index (χ4v) is 4.12. The van der Waals surface area contributed by atoms with E-state index in [-0.39, 0.29) is 10.1 Å². The van der Waals surface area contributed by atoms with Crippen LogP contribution >= 0.6 is 15.9 Å². The Kier molecular flexibility index (Phi) is 5.81. The fraction of sp³-hybridized carbons (Fsp3) is 0.125. The van der Waals surface area contributed by atoms with E-state index < -0.39 is 21.7 Å². The first-order chi connectivity index (χ1) is 10.5. The summed E-state index contributed by atoms with van der Waals surface area (Å²) in [5.41, 5.74) is 0.717. The molecule has 2 aromatic carbocycles. The van der Waals surface area contributed by atoms with Crippen molar-refractivity contribution in [1.29, 1.82) is 0 Å². The Hall–Kier alpha value is -1.58. The summed E-state index contributed by atoms with van der Waals surface area (Å²) in [4.78, 5) is 23.7. The number of carbonyl (C=O) groups is 2. The monoisotopic (exact) mass is 423 g/mol. The summed E-state index contributed by atoms with van der Waals surface area (Å²) in [7, 11) is 0. The second-order valence-corrected chi connectivity index (χ2v) is 7.59. The van der Waals surface area contributed by atoms with Crippen LogP contribution in [0.3, 0.4) is 0 Å². The summed E-state index contributed by atoms with van der Waals surface area (Å²) in [6, 6.07) is 11.9. The van der Waals surface area contributed by atoms with E-state index in [1.165, 1.54) is 6.07 Å². The van der Waals surface area contributed by atoms with Crippen LogP contribution in [-0.2, 0) is 0 Å². The standard InChI is InChI=1S/C16H13AsBrO4/c1-2-22-12-5-3-4-10(8-12)15(19)17-14-7-6-11(18)9-13(14)16(20)21/h3-9H,2H2,1H3,(H,20,21). The second kappa shape index (κ2) is 7.61. The predicted molar refractivity (Wildman–Crippen MR) is 88.4 cm³/mol. The average Bonchev–Trinajstić information content (AvgIpc) is 2.49. The van der Waals surface area contributed by atoms with Gasteiger partial charge in [0.15, 0.2) is 0 Å². The van der Waals surface area contributed by atoms with Gasteiger partial charge in [-0.25, -0.2) is 0 Å². The molecular weight excluding hydrogens is 411 g/mol. The molecule has 0 aromatic heterocycles. The molecule has 6 heteroatoms. The number of halogens is 1. The summed E-state index contributed by atoms with van der Waals surface area (Å²) < 4.78 is 6.59. The average molecular weight is 424 g/mol. The molecular formula is C16H13AsBrO4. The summed E-state index contributed by atoms with van der Waals surface area (Å²) in [5, 5.41) is 9.25. The van der Waals surface area contributed by atoms with E-state index in [2.05, 4.69) is 15.9 Å². The summed E-state index contributed by atoms with van der Waals surface area (Å²) >= 11 is 2.31. The molecule has 0 aliphatic heterocycles. The van der Waals surface area contributed by atoms with Gasteiger partial charge in [0.2, 0.25) is 0 Å². The molecule has 22 heavy (non-hydrogen) atoms. The third kappa shape index (κ3) is 4.21. The van der Waals surface area contributed by atoms with Crippen LogP contribution in [-0.4, -0.2) is 38.0 Å². The topological polar surface area (TPSA) is 63.6 Å². The number of ether oxygens (including phenoxy) is 1. The van der Waals surface area contributed by atoms with Gasteiger partial charge in [0, 0.05) is 0 Å². The molecule has 0 saturated heterocycles. The van der Waals surface area contributed by atoms with Gasteiger partial charge in [0.05, 0.1) is 0 Å². The third-order valence-electron chi connectivity index (χ3n) is 2.80. The van der Waals surface area contributed by atoms with E-state index >= 15 is 0 Å². The van der Waals surface area contributed by atoms with Gasteiger partial charge in [-0.05, 0) is 0 Å². The number of carbonyl (C=O) groups excluding carboxylic acids is 1. The molecule has 0 fully saturated rings. The van der Waals surface area contributed by atoms with E-state index in [0.29, 0.717) is 26.7 Å². The number of hydrogen-bond acceptors (Lipinski definition) is 3. The van der Waals surface area contributed by atoms with E-state index in [1.54, 1.807) is 36.4 Å². The van der Waals surface area contributed by atoms with Crippen LogP contribution < -0.4 is 9.09 Å². The van der Waals surface area contributed by atoms with Gasteiger partial charge in [-0.2, -0.15) is 0 Å². The second-order valence-electron chi connectivity index (χ2n) is 4.34. The molecule has 0 aliphatic rings. The molecule has 0 amide bonds. The molecule has 0 atom stereocenters. The van der Waals surface area contributed by atoms with Crippen molar-refractivity contribution in [1.82, 2.24) is 0 Å². The molecule has 0 bridgehead atoms. The van der Waals surface area contributed by atoms with Gasteiger partial charge in [-0.3, -0.25) is 0 Å². The van der Waals surface area contributed by atoms with Gasteiger partial charge >= 0.3 is 143 Å². The normalized spacial score (nSPS) is 10.8. The molecule has 113 valence electrons. The van der Waals surface area contributed by atoms with Crippen molar-refractivity contribution in [2.45, 2.75) is 6.92 Å². The van der Waals surface area contributed by atoms with E-state index in [9.17, 15) is 14.7 Å². The molecule has 1 N–H and O–H groups in total. The SMILES string of the molecule is CCOc1cccc(C(=O)[As]c2ccc(Br)cc2C(=O)O)c1. The number of carboxylic acids is 1. The Morgan fingerprint density at radius 1 is 1.23 bits per heavy atom. The number of rotatable bonds is 6. The third-order valence-corrected chi connectivity index (χ3v) is 5.59. The Morgan fingerprint density at radius 3 is 2.68 bits per heavy atom. The van der Waals surface area contributed by atoms with Crippen molar-refractivity contribution in [3.63, 3.8) is 0 Å². The number of carboxylic acid groups (broad SMARTS) is 1. The Bertz CT molecular complexity index is 715. The summed E-state index contributed by atoms with van der Waals surface area (Å²) in [6.45, 7) is 2.41. The van der Waals surface area contributed by atoms with Crippen molar-refractivity contribution >= 4 is 46.6 Å². The van der Waals surface area contributed by atoms with Crippen molar-refractivity contribution in [2.75, 3.05) is 6.61 Å². The van der Waals surface area contributed by atoms with Gasteiger partial charge in [-0.15, -0.1) is 0 Å². The molecule has 0 spiro atoms. The Balaban J connectivity index is 2.25. The van der Waals surface area contributed by atoms with E-state index in [4.69, 9.17) is 4.74 Å². The first kappa shape index (κ1) is 16.8. The summed E-state index contributed by atoms with van der Waals surface area (Å²) in [6.07, 6.45) is 0. The van der Waals surface area contributed by atoms with E-state index in [0.717, 1.165) is 0 Å². The minimum absolute atomic E-state index is 0.0531. The Labute approximate surface area is 143 Å². The zero-order chi connectivity index (χ0) is 16.1. The minimum atomic E-state index is -1.03. The van der Waals surface area contributed by atoms with Crippen LogP contribution in [0.15, 0.2) is 46.9 Å². The molecule has 0 saturated carbocycles. The van der Waals surface area contributed by atoms with Crippen molar-refractivity contribution in [2.24, 2.45) is 0 Å². The zero-order valence-corrected chi connectivity index (χ0v) is 15.2. The van der Waals surface area contributed by atoms with Crippen molar-refractivity contribution in [3.05, 3.63) is 58.1 Å². The van der Waals surface area contributed by atoms with Gasteiger partial charge in [0.25, 0.3) is 0 Å². The molecule has 2 rings (SSSR count). The Morgan fingerprint density at radius 2 is 2.00 bits per heavy atom. The molecule has 0 aliphatic carbocycles. The maximum absolute atomic E-state index is 12.4. The molecule has 0 unspecified atom stereocenters.